The maximum absolute atomic E-state index is 10.6. The summed E-state index contributed by atoms with van der Waals surface area (Å²) in [4.78, 5) is 10.6. The first-order valence-corrected chi connectivity index (χ1v) is 4.73. The van der Waals surface area contributed by atoms with Crippen molar-refractivity contribution in [3.05, 3.63) is 23.8 Å². The highest BCUT2D eigenvalue weighted by Gasteiger charge is 2.26. The van der Waals surface area contributed by atoms with Gasteiger partial charge in [0.15, 0.2) is 0 Å². The first-order chi connectivity index (χ1) is 7.20. The normalized spacial score (nSPS) is 18.1. The van der Waals surface area contributed by atoms with E-state index in [1.165, 1.54) is 0 Å². The van der Waals surface area contributed by atoms with Crippen LogP contribution in [0.2, 0.25) is 0 Å². The SMILES string of the molecule is COc1ccc2c(c1)[C@H](CC(=O)O)CO2. The fourth-order valence-corrected chi connectivity index (χ4v) is 1.76. The molecule has 2 rings (SSSR count). The molecule has 15 heavy (non-hydrogen) atoms. The zero-order valence-corrected chi connectivity index (χ0v) is 8.40. The Morgan fingerprint density at radius 2 is 2.47 bits per heavy atom. The summed E-state index contributed by atoms with van der Waals surface area (Å²) < 4.78 is 10.5. The summed E-state index contributed by atoms with van der Waals surface area (Å²) in [6.45, 7) is 0.439. The quantitative estimate of drug-likeness (QED) is 0.820. The van der Waals surface area contributed by atoms with Crippen molar-refractivity contribution in [3.8, 4) is 11.5 Å². The lowest BCUT2D eigenvalue weighted by atomic mass is 9.98. The number of carboxylic acid groups (broad SMARTS) is 1. The Kier molecular flexibility index (Phi) is 2.49. The summed E-state index contributed by atoms with van der Waals surface area (Å²) >= 11 is 0. The first-order valence-electron chi connectivity index (χ1n) is 4.73. The highest BCUT2D eigenvalue weighted by Crippen LogP contribution is 2.37. The van der Waals surface area contributed by atoms with Crippen molar-refractivity contribution in [2.75, 3.05) is 13.7 Å². The molecule has 1 heterocycles. The molecule has 1 aromatic rings. The molecule has 0 spiro atoms. The summed E-state index contributed by atoms with van der Waals surface area (Å²) in [5, 5.41) is 8.74. The van der Waals surface area contributed by atoms with E-state index in [2.05, 4.69) is 0 Å². The van der Waals surface area contributed by atoms with Crippen molar-refractivity contribution in [3.63, 3.8) is 0 Å². The number of carboxylic acids is 1. The van der Waals surface area contributed by atoms with Gasteiger partial charge in [-0.15, -0.1) is 0 Å². The first kappa shape index (κ1) is 9.83. The predicted molar refractivity (Wildman–Crippen MR) is 53.5 cm³/mol. The van der Waals surface area contributed by atoms with Gasteiger partial charge in [0, 0.05) is 11.5 Å². The second kappa shape index (κ2) is 3.81. The molecule has 0 saturated carbocycles. The lowest BCUT2D eigenvalue weighted by molar-refractivity contribution is -0.137. The minimum atomic E-state index is -0.806. The van der Waals surface area contributed by atoms with Crippen molar-refractivity contribution in [2.24, 2.45) is 0 Å². The highest BCUT2D eigenvalue weighted by atomic mass is 16.5. The van der Waals surface area contributed by atoms with Gasteiger partial charge in [0.1, 0.15) is 11.5 Å². The Morgan fingerprint density at radius 1 is 1.67 bits per heavy atom. The summed E-state index contributed by atoms with van der Waals surface area (Å²) in [6, 6.07) is 5.47. The second-order valence-electron chi connectivity index (χ2n) is 3.51. The summed E-state index contributed by atoms with van der Waals surface area (Å²) in [5.74, 6) is 0.628. The van der Waals surface area contributed by atoms with Gasteiger partial charge >= 0.3 is 5.97 Å². The molecule has 1 atom stereocenters. The third-order valence-corrected chi connectivity index (χ3v) is 2.52. The fourth-order valence-electron chi connectivity index (χ4n) is 1.76. The predicted octanol–water partition coefficient (Wildman–Crippen LogP) is 1.65. The number of fused-ring (bicyclic) bond motifs is 1. The molecule has 0 saturated heterocycles. The fraction of sp³-hybridized carbons (Fsp3) is 0.364. The molecule has 1 aromatic carbocycles. The molecule has 4 heteroatoms. The Hall–Kier alpha value is -1.71. The van der Waals surface area contributed by atoms with Gasteiger partial charge < -0.3 is 14.6 Å². The molecule has 1 N–H and O–H groups in total. The van der Waals surface area contributed by atoms with Crippen molar-refractivity contribution in [1.82, 2.24) is 0 Å². The number of benzene rings is 1. The van der Waals surface area contributed by atoms with Crippen LogP contribution in [0.25, 0.3) is 0 Å². The van der Waals surface area contributed by atoms with Gasteiger partial charge in [-0.2, -0.15) is 0 Å². The molecule has 0 aliphatic carbocycles. The molecule has 80 valence electrons. The van der Waals surface area contributed by atoms with E-state index in [-0.39, 0.29) is 12.3 Å². The van der Waals surface area contributed by atoms with Crippen LogP contribution >= 0.6 is 0 Å². The molecule has 1 aliphatic heterocycles. The Balaban J connectivity index is 2.27. The number of hydrogen-bond acceptors (Lipinski definition) is 3. The zero-order valence-electron chi connectivity index (χ0n) is 8.40. The molecular weight excluding hydrogens is 196 g/mol. The second-order valence-corrected chi connectivity index (χ2v) is 3.51. The van der Waals surface area contributed by atoms with E-state index in [0.29, 0.717) is 6.61 Å². The van der Waals surface area contributed by atoms with Gasteiger partial charge in [-0.05, 0) is 18.2 Å². The number of methoxy groups -OCH3 is 1. The van der Waals surface area contributed by atoms with Crippen LogP contribution in [0, 0.1) is 0 Å². The molecule has 1 aliphatic rings. The lowest BCUT2D eigenvalue weighted by Crippen LogP contribution is -2.07. The summed E-state index contributed by atoms with van der Waals surface area (Å²) in [7, 11) is 1.59. The monoisotopic (exact) mass is 208 g/mol. The molecule has 0 fully saturated rings. The van der Waals surface area contributed by atoms with Gasteiger partial charge in [-0.25, -0.2) is 0 Å². The van der Waals surface area contributed by atoms with Crippen LogP contribution in [0.3, 0.4) is 0 Å². The molecule has 0 radical (unpaired) electrons. The van der Waals surface area contributed by atoms with E-state index in [1.54, 1.807) is 7.11 Å². The van der Waals surface area contributed by atoms with Gasteiger partial charge in [0.2, 0.25) is 0 Å². The smallest absolute Gasteiger partial charge is 0.304 e. The lowest BCUT2D eigenvalue weighted by Gasteiger charge is -2.06. The average Bonchev–Trinajstić information content (AvgIpc) is 2.60. The summed E-state index contributed by atoms with van der Waals surface area (Å²) in [5.41, 5.74) is 0.928. The minimum absolute atomic E-state index is 0.0624. The van der Waals surface area contributed by atoms with E-state index in [4.69, 9.17) is 14.6 Å². The number of ether oxygens (including phenoxy) is 2. The third-order valence-electron chi connectivity index (χ3n) is 2.52. The highest BCUT2D eigenvalue weighted by molar-refractivity contribution is 5.68. The van der Waals surface area contributed by atoms with Crippen LogP contribution < -0.4 is 9.47 Å². The summed E-state index contributed by atoms with van der Waals surface area (Å²) in [6.07, 6.45) is 0.0974. The van der Waals surface area contributed by atoms with Gasteiger partial charge in [-0.3, -0.25) is 4.79 Å². The Morgan fingerprint density at radius 3 is 3.13 bits per heavy atom. The van der Waals surface area contributed by atoms with E-state index >= 15 is 0 Å². The third kappa shape index (κ3) is 1.88. The van der Waals surface area contributed by atoms with E-state index in [0.717, 1.165) is 17.1 Å². The largest absolute Gasteiger partial charge is 0.497 e. The van der Waals surface area contributed by atoms with Crippen LogP contribution in [-0.2, 0) is 4.79 Å². The average molecular weight is 208 g/mol. The number of aliphatic carboxylic acids is 1. The van der Waals surface area contributed by atoms with Crippen molar-refractivity contribution in [2.45, 2.75) is 12.3 Å². The molecule has 4 nitrogen and oxygen atoms in total. The number of hydrogen-bond donors (Lipinski definition) is 1. The molecule has 0 unspecified atom stereocenters. The van der Waals surface area contributed by atoms with Crippen LogP contribution in [0.15, 0.2) is 18.2 Å². The number of rotatable bonds is 3. The van der Waals surface area contributed by atoms with Crippen molar-refractivity contribution < 1.29 is 19.4 Å². The van der Waals surface area contributed by atoms with Crippen LogP contribution in [0.5, 0.6) is 11.5 Å². The van der Waals surface area contributed by atoms with E-state index < -0.39 is 5.97 Å². The van der Waals surface area contributed by atoms with Gasteiger partial charge in [0.25, 0.3) is 0 Å². The van der Waals surface area contributed by atoms with E-state index in [9.17, 15) is 4.79 Å². The molecule has 0 aromatic heterocycles. The van der Waals surface area contributed by atoms with Gasteiger partial charge in [0.05, 0.1) is 20.1 Å². The van der Waals surface area contributed by atoms with Crippen molar-refractivity contribution in [1.29, 1.82) is 0 Å². The van der Waals surface area contributed by atoms with E-state index in [1.807, 2.05) is 18.2 Å². The maximum Gasteiger partial charge on any atom is 0.304 e. The standard InChI is InChI=1S/C11H12O4/c1-14-8-2-3-10-9(5-8)7(6-15-10)4-11(12)13/h2-3,5,7H,4,6H2,1H3,(H,12,13)/t7-/m1/s1. The van der Waals surface area contributed by atoms with Crippen LogP contribution in [0.4, 0.5) is 0 Å². The van der Waals surface area contributed by atoms with Crippen LogP contribution in [0.1, 0.15) is 17.9 Å². The van der Waals surface area contributed by atoms with Crippen LogP contribution in [-0.4, -0.2) is 24.8 Å². The molecule has 0 bridgehead atoms. The Bertz CT molecular complexity index is 386. The Labute approximate surface area is 87.4 Å². The molecule has 0 amide bonds. The number of carbonyl (C=O) groups is 1. The topological polar surface area (TPSA) is 55.8 Å². The van der Waals surface area contributed by atoms with Crippen molar-refractivity contribution >= 4 is 5.97 Å². The van der Waals surface area contributed by atoms with Gasteiger partial charge in [-0.1, -0.05) is 0 Å². The minimum Gasteiger partial charge on any atom is -0.497 e. The molecular formula is C11H12O4. The maximum atomic E-state index is 10.6. The zero-order chi connectivity index (χ0) is 10.8.